The van der Waals surface area contributed by atoms with Crippen LogP contribution in [0.25, 0.3) is 0 Å². The van der Waals surface area contributed by atoms with E-state index in [4.69, 9.17) is 0 Å². The minimum absolute atomic E-state index is 0.0579. The highest BCUT2D eigenvalue weighted by Crippen LogP contribution is 2.18. The number of halogens is 1. The maximum absolute atomic E-state index is 13.5. The van der Waals surface area contributed by atoms with Crippen molar-refractivity contribution in [1.82, 2.24) is 16.0 Å². The molecule has 1 atom stereocenters. The van der Waals surface area contributed by atoms with Gasteiger partial charge in [0.2, 0.25) is 0 Å². The summed E-state index contributed by atoms with van der Waals surface area (Å²) in [4.78, 5) is 34.0. The fraction of sp³-hybridized carbons (Fsp3) is 0.222. The van der Waals surface area contributed by atoms with Crippen LogP contribution in [0.4, 0.5) is 14.9 Å². The molecule has 0 aliphatic carbocycles. The van der Waals surface area contributed by atoms with Crippen LogP contribution in [0, 0.1) is 15.9 Å². The number of urea groups is 1. The highest BCUT2D eigenvalue weighted by atomic mass is 19.1. The summed E-state index contributed by atoms with van der Waals surface area (Å²) in [5.41, 5.74) is 0.464. The number of amides is 3. The molecule has 0 heterocycles. The number of non-ortho nitro benzene ring substituents is 1. The normalized spacial score (nSPS) is 11.3. The van der Waals surface area contributed by atoms with E-state index < -0.39 is 28.7 Å². The molecule has 0 aliphatic rings. The van der Waals surface area contributed by atoms with Crippen molar-refractivity contribution in [3.05, 3.63) is 75.6 Å². The van der Waals surface area contributed by atoms with E-state index in [0.29, 0.717) is 5.56 Å². The van der Waals surface area contributed by atoms with Crippen LogP contribution in [0.2, 0.25) is 0 Å². The van der Waals surface area contributed by atoms with Crippen molar-refractivity contribution in [2.24, 2.45) is 0 Å². The molecule has 27 heavy (non-hydrogen) atoms. The second-order valence-corrected chi connectivity index (χ2v) is 5.71. The van der Waals surface area contributed by atoms with Gasteiger partial charge < -0.3 is 16.0 Å². The van der Waals surface area contributed by atoms with Crippen LogP contribution in [0.5, 0.6) is 0 Å². The zero-order valence-electron chi connectivity index (χ0n) is 14.6. The minimum Gasteiger partial charge on any atom is -0.350 e. The number of rotatable bonds is 7. The summed E-state index contributed by atoms with van der Waals surface area (Å²) >= 11 is 0. The number of hydrogen-bond donors (Lipinski definition) is 3. The molecule has 2 rings (SSSR count). The Kier molecular flexibility index (Phi) is 6.81. The number of nitro benzene ring substituents is 1. The molecule has 3 amide bonds. The molecule has 0 bridgehead atoms. The molecule has 0 aliphatic heterocycles. The van der Waals surface area contributed by atoms with Gasteiger partial charge in [0.25, 0.3) is 11.6 Å². The van der Waals surface area contributed by atoms with Gasteiger partial charge in [0.1, 0.15) is 5.82 Å². The van der Waals surface area contributed by atoms with Gasteiger partial charge in [-0.1, -0.05) is 24.3 Å². The van der Waals surface area contributed by atoms with E-state index in [9.17, 15) is 24.1 Å². The summed E-state index contributed by atoms with van der Waals surface area (Å²) in [6.45, 7) is 1.94. The van der Waals surface area contributed by atoms with Crippen molar-refractivity contribution in [2.45, 2.75) is 13.0 Å². The number of nitrogens with one attached hydrogen (secondary N) is 3. The lowest BCUT2D eigenvalue weighted by Gasteiger charge is -2.15. The van der Waals surface area contributed by atoms with E-state index in [1.54, 1.807) is 25.1 Å². The maximum Gasteiger partial charge on any atom is 0.315 e. The topological polar surface area (TPSA) is 113 Å². The molecule has 0 fully saturated rings. The summed E-state index contributed by atoms with van der Waals surface area (Å²) < 4.78 is 13.5. The number of carbonyl (C=O) groups excluding carboxylic acids is 2. The monoisotopic (exact) mass is 374 g/mol. The van der Waals surface area contributed by atoms with Crippen LogP contribution < -0.4 is 16.0 Å². The first-order valence-electron chi connectivity index (χ1n) is 8.20. The molecule has 3 N–H and O–H groups in total. The van der Waals surface area contributed by atoms with Gasteiger partial charge in [-0.2, -0.15) is 0 Å². The standard InChI is InChI=1S/C18H19FN4O4/c1-12(13-5-4-6-14(11-13)23(26)27)22-18(25)21-10-9-20-17(24)15-7-2-3-8-16(15)19/h2-8,11-12H,9-10H2,1H3,(H,20,24)(H2,21,22,25)/t12-/m0/s1. The van der Waals surface area contributed by atoms with Gasteiger partial charge >= 0.3 is 6.03 Å². The van der Waals surface area contributed by atoms with Gasteiger partial charge in [-0.15, -0.1) is 0 Å². The number of nitro groups is 1. The second-order valence-electron chi connectivity index (χ2n) is 5.71. The Balaban J connectivity index is 1.76. The number of nitrogens with zero attached hydrogens (tertiary/aromatic N) is 1. The van der Waals surface area contributed by atoms with E-state index in [-0.39, 0.29) is 24.3 Å². The highest BCUT2D eigenvalue weighted by molar-refractivity contribution is 5.94. The lowest BCUT2D eigenvalue weighted by molar-refractivity contribution is -0.384. The predicted molar refractivity (Wildman–Crippen MR) is 96.8 cm³/mol. The van der Waals surface area contributed by atoms with Crippen molar-refractivity contribution in [1.29, 1.82) is 0 Å². The molecular formula is C18H19FN4O4. The SMILES string of the molecule is C[C@H](NC(=O)NCCNC(=O)c1ccccc1F)c1cccc([N+](=O)[O-])c1. The number of carbonyl (C=O) groups is 2. The first kappa shape index (κ1) is 19.8. The highest BCUT2D eigenvalue weighted by Gasteiger charge is 2.13. The first-order chi connectivity index (χ1) is 12.9. The number of hydrogen-bond acceptors (Lipinski definition) is 4. The Bertz CT molecular complexity index is 844. The van der Waals surface area contributed by atoms with Crippen LogP contribution in [0.3, 0.4) is 0 Å². The largest absolute Gasteiger partial charge is 0.350 e. The van der Waals surface area contributed by atoms with Gasteiger partial charge in [0, 0.05) is 25.2 Å². The summed E-state index contributed by atoms with van der Waals surface area (Å²) in [5, 5.41) is 18.5. The third kappa shape index (κ3) is 5.77. The van der Waals surface area contributed by atoms with E-state index >= 15 is 0 Å². The summed E-state index contributed by atoms with van der Waals surface area (Å²) in [6.07, 6.45) is 0. The van der Waals surface area contributed by atoms with Crippen LogP contribution in [-0.4, -0.2) is 30.0 Å². The van der Waals surface area contributed by atoms with Gasteiger partial charge in [-0.3, -0.25) is 14.9 Å². The van der Waals surface area contributed by atoms with Gasteiger partial charge in [0.05, 0.1) is 16.5 Å². The van der Waals surface area contributed by atoms with Crippen molar-refractivity contribution >= 4 is 17.6 Å². The van der Waals surface area contributed by atoms with Gasteiger partial charge in [-0.05, 0) is 24.6 Å². The van der Waals surface area contributed by atoms with Gasteiger partial charge in [-0.25, -0.2) is 9.18 Å². The van der Waals surface area contributed by atoms with Crippen molar-refractivity contribution in [3.63, 3.8) is 0 Å². The minimum atomic E-state index is -0.619. The third-order valence-corrected chi connectivity index (χ3v) is 3.74. The van der Waals surface area contributed by atoms with Crippen molar-refractivity contribution in [2.75, 3.05) is 13.1 Å². The molecule has 0 radical (unpaired) electrons. The van der Waals surface area contributed by atoms with Crippen LogP contribution in [0.1, 0.15) is 28.9 Å². The smallest absolute Gasteiger partial charge is 0.315 e. The fourth-order valence-corrected chi connectivity index (χ4v) is 2.33. The molecule has 2 aromatic carbocycles. The zero-order chi connectivity index (χ0) is 19.8. The average Bonchev–Trinajstić information content (AvgIpc) is 2.65. The first-order valence-corrected chi connectivity index (χ1v) is 8.20. The third-order valence-electron chi connectivity index (χ3n) is 3.74. The van der Waals surface area contributed by atoms with Crippen molar-refractivity contribution in [3.8, 4) is 0 Å². The summed E-state index contributed by atoms with van der Waals surface area (Å²) in [7, 11) is 0. The lowest BCUT2D eigenvalue weighted by atomic mass is 10.1. The summed E-state index contributed by atoms with van der Waals surface area (Å²) in [6, 6.07) is 10.6. The molecule has 2 aromatic rings. The van der Waals surface area contributed by atoms with E-state index in [2.05, 4.69) is 16.0 Å². The maximum atomic E-state index is 13.5. The van der Waals surface area contributed by atoms with Crippen LogP contribution >= 0.6 is 0 Å². The Morgan fingerprint density at radius 3 is 2.52 bits per heavy atom. The van der Waals surface area contributed by atoms with Crippen LogP contribution in [0.15, 0.2) is 48.5 Å². The predicted octanol–water partition coefficient (Wildman–Crippen LogP) is 2.52. The second kappa shape index (κ2) is 9.27. The van der Waals surface area contributed by atoms with E-state index in [0.717, 1.165) is 0 Å². The molecule has 0 aromatic heterocycles. The fourth-order valence-electron chi connectivity index (χ4n) is 2.33. The average molecular weight is 374 g/mol. The van der Waals surface area contributed by atoms with E-state index in [1.807, 2.05) is 0 Å². The Hall–Kier alpha value is -3.49. The molecule has 8 nitrogen and oxygen atoms in total. The summed E-state index contributed by atoms with van der Waals surface area (Å²) in [5.74, 6) is -1.19. The molecule has 0 unspecified atom stereocenters. The molecule has 0 spiro atoms. The molecule has 142 valence electrons. The molecule has 9 heteroatoms. The van der Waals surface area contributed by atoms with Gasteiger partial charge in [0.15, 0.2) is 0 Å². The van der Waals surface area contributed by atoms with Crippen molar-refractivity contribution < 1.29 is 18.9 Å². The number of benzene rings is 2. The Morgan fingerprint density at radius 2 is 1.81 bits per heavy atom. The lowest BCUT2D eigenvalue weighted by Crippen LogP contribution is -2.41. The van der Waals surface area contributed by atoms with Crippen LogP contribution in [-0.2, 0) is 0 Å². The molecule has 0 saturated heterocycles. The van der Waals surface area contributed by atoms with E-state index in [1.165, 1.54) is 30.3 Å². The molecular weight excluding hydrogens is 355 g/mol. The Morgan fingerprint density at radius 1 is 1.11 bits per heavy atom. The molecule has 0 saturated carbocycles. The zero-order valence-corrected chi connectivity index (χ0v) is 14.6. The Labute approximate surface area is 154 Å². The quantitative estimate of drug-likeness (QED) is 0.392.